The standard InChI is InChI=1S/C68H84N4O11/c1-8-70(53-24-26-79-27-25-53)60-37-52(36-59(47(60)7)62(74)23-22-57-46(6)34-44(4)35-63(57)75)48-18-20-55(21-19-48)82-32-30-80-28-29-81-31-33-83-64-38-49(56-15-11-12-45(56)5)16-17-50(64)40-69-66(76)61-39-54(73)42-71(61)68(78)65(43(2)3)72-41-51-13-9-10-14-58(51)67(72)77/h9-14,16-21,34,36-38,43,45,53-54,56,61,65,73H,8,15,22-33,35,39-42H2,1-7H3,(H,69,76)/t45?,54-,56?,61+,65?/m1/s1. The molecule has 0 radical (unpaired) electrons. The van der Waals surface area contributed by atoms with Crippen LogP contribution in [0, 0.1) is 18.8 Å². The molecule has 3 unspecified atom stereocenters. The van der Waals surface area contributed by atoms with Crippen LogP contribution in [0.15, 0.2) is 114 Å². The van der Waals surface area contributed by atoms with Gasteiger partial charge in [0.05, 0.1) is 32.5 Å². The van der Waals surface area contributed by atoms with Crippen LogP contribution >= 0.6 is 0 Å². The van der Waals surface area contributed by atoms with Gasteiger partial charge >= 0.3 is 0 Å². The molecule has 442 valence electrons. The van der Waals surface area contributed by atoms with Gasteiger partial charge in [-0.05, 0) is 146 Å². The Balaban J connectivity index is 0.750. The number of ether oxygens (including phenoxy) is 5. The number of carbonyl (C=O) groups is 5. The molecular weight excluding hydrogens is 1050 g/mol. The summed E-state index contributed by atoms with van der Waals surface area (Å²) in [6.07, 6.45) is 9.57. The molecule has 5 atom stereocenters. The molecule has 0 spiro atoms. The van der Waals surface area contributed by atoms with E-state index in [0.29, 0.717) is 106 Å². The fourth-order valence-corrected chi connectivity index (χ4v) is 12.7. The maximum Gasteiger partial charge on any atom is 0.255 e. The molecule has 2 fully saturated rings. The molecule has 3 heterocycles. The molecule has 3 aliphatic heterocycles. The van der Waals surface area contributed by atoms with Crippen molar-refractivity contribution in [2.75, 3.05) is 70.8 Å². The third kappa shape index (κ3) is 14.5. The van der Waals surface area contributed by atoms with Gasteiger partial charge in [-0.2, -0.15) is 0 Å². The van der Waals surface area contributed by atoms with Crippen molar-refractivity contribution in [3.05, 3.63) is 147 Å². The monoisotopic (exact) mass is 1130 g/mol. The van der Waals surface area contributed by atoms with Crippen LogP contribution in [-0.2, 0) is 41.7 Å². The van der Waals surface area contributed by atoms with Crippen LogP contribution in [0.2, 0.25) is 0 Å². The van der Waals surface area contributed by atoms with Crippen LogP contribution in [0.1, 0.15) is 135 Å². The van der Waals surface area contributed by atoms with Gasteiger partial charge in [-0.15, -0.1) is 0 Å². The minimum absolute atomic E-state index is 0.00414. The number of anilines is 1. The zero-order valence-corrected chi connectivity index (χ0v) is 49.6. The lowest BCUT2D eigenvalue weighted by atomic mass is 9.87. The Morgan fingerprint density at radius 3 is 2.28 bits per heavy atom. The Hall–Kier alpha value is -6.91. The van der Waals surface area contributed by atoms with Crippen LogP contribution in [0.3, 0.4) is 0 Å². The highest BCUT2D eigenvalue weighted by molar-refractivity contribution is 6.04. The zero-order chi connectivity index (χ0) is 58.7. The number of ketones is 2. The highest BCUT2D eigenvalue weighted by atomic mass is 16.6. The normalized spacial score (nSPS) is 20.3. The first kappa shape index (κ1) is 60.7. The van der Waals surface area contributed by atoms with E-state index >= 15 is 0 Å². The second kappa shape index (κ2) is 28.1. The molecular formula is C68H84N4O11. The third-order valence-corrected chi connectivity index (χ3v) is 17.2. The molecule has 9 rings (SSSR count). The van der Waals surface area contributed by atoms with E-state index in [0.717, 1.165) is 81.6 Å². The smallest absolute Gasteiger partial charge is 0.255 e. The van der Waals surface area contributed by atoms with Crippen molar-refractivity contribution in [1.29, 1.82) is 0 Å². The van der Waals surface area contributed by atoms with E-state index in [2.05, 4.69) is 60.5 Å². The van der Waals surface area contributed by atoms with Gasteiger partial charge in [0.1, 0.15) is 36.8 Å². The number of β-amino-alcohol motifs (C(OH)–C–C–N with tert-alkyl or cyclic N) is 1. The zero-order valence-electron chi connectivity index (χ0n) is 49.6. The molecule has 4 aromatic rings. The number of Topliss-reactive ketones (excluding diaryl/α,β-unsaturated/α-hetero) is 2. The first-order valence-corrected chi connectivity index (χ1v) is 30.0. The predicted octanol–water partition coefficient (Wildman–Crippen LogP) is 10.3. The summed E-state index contributed by atoms with van der Waals surface area (Å²) in [5.41, 5.74) is 10.7. The number of benzene rings is 4. The van der Waals surface area contributed by atoms with Crippen molar-refractivity contribution in [2.45, 2.75) is 137 Å². The summed E-state index contributed by atoms with van der Waals surface area (Å²) in [5.74, 6) is 0.988. The van der Waals surface area contributed by atoms with Crippen molar-refractivity contribution >= 4 is 35.0 Å². The number of rotatable bonds is 26. The van der Waals surface area contributed by atoms with Gasteiger partial charge in [0.15, 0.2) is 11.6 Å². The van der Waals surface area contributed by atoms with Crippen LogP contribution in [0.25, 0.3) is 11.1 Å². The average Bonchev–Trinajstić information content (AvgIpc) is 3.33. The third-order valence-electron chi connectivity index (χ3n) is 17.2. The summed E-state index contributed by atoms with van der Waals surface area (Å²) in [6.45, 7) is 18.8. The fourth-order valence-electron chi connectivity index (χ4n) is 12.7. The van der Waals surface area contributed by atoms with Crippen molar-refractivity contribution in [3.63, 3.8) is 0 Å². The maximum absolute atomic E-state index is 14.3. The van der Waals surface area contributed by atoms with Gasteiger partial charge in [0, 0.05) is 87.1 Å². The lowest BCUT2D eigenvalue weighted by Crippen LogP contribution is -2.55. The molecule has 4 aromatic carbocycles. The molecule has 2 aliphatic carbocycles. The Labute approximate surface area is 490 Å². The van der Waals surface area contributed by atoms with E-state index in [4.69, 9.17) is 23.7 Å². The number of hydrogen-bond donors (Lipinski definition) is 2. The van der Waals surface area contributed by atoms with E-state index in [1.54, 1.807) is 11.0 Å². The van der Waals surface area contributed by atoms with E-state index in [1.807, 2.05) is 89.2 Å². The molecule has 5 aliphatic rings. The number of likely N-dealkylation sites (tertiary alicyclic amines) is 1. The highest BCUT2D eigenvalue weighted by Gasteiger charge is 2.46. The van der Waals surface area contributed by atoms with Gasteiger partial charge in [-0.25, -0.2) is 0 Å². The Kier molecular flexibility index (Phi) is 20.5. The van der Waals surface area contributed by atoms with Gasteiger partial charge in [-0.3, -0.25) is 24.0 Å². The van der Waals surface area contributed by atoms with Crippen molar-refractivity contribution < 1.29 is 52.8 Å². The van der Waals surface area contributed by atoms with Crippen LogP contribution < -0.4 is 19.7 Å². The Morgan fingerprint density at radius 2 is 1.59 bits per heavy atom. The second-order valence-corrected chi connectivity index (χ2v) is 23.3. The van der Waals surface area contributed by atoms with Crippen molar-refractivity contribution in [2.24, 2.45) is 11.8 Å². The largest absolute Gasteiger partial charge is 0.491 e. The van der Waals surface area contributed by atoms with Crippen LogP contribution in [0.5, 0.6) is 11.5 Å². The number of nitrogens with zero attached hydrogens (tertiary/aromatic N) is 3. The summed E-state index contributed by atoms with van der Waals surface area (Å²) >= 11 is 0. The molecule has 15 heteroatoms. The number of amides is 3. The first-order chi connectivity index (χ1) is 40.1. The van der Waals surface area contributed by atoms with E-state index < -0.39 is 18.2 Å². The second-order valence-electron chi connectivity index (χ2n) is 23.3. The minimum atomic E-state index is -0.905. The number of hydrogen-bond acceptors (Lipinski definition) is 12. The summed E-state index contributed by atoms with van der Waals surface area (Å²) in [5, 5.41) is 13.9. The first-order valence-electron chi connectivity index (χ1n) is 30.0. The number of nitrogens with one attached hydrogen (secondary N) is 1. The Bertz CT molecular complexity index is 3080. The van der Waals surface area contributed by atoms with Crippen molar-refractivity contribution in [3.8, 4) is 22.6 Å². The predicted molar refractivity (Wildman–Crippen MR) is 321 cm³/mol. The lowest BCUT2D eigenvalue weighted by molar-refractivity contribution is -0.143. The molecule has 0 saturated carbocycles. The topological polar surface area (TPSA) is 173 Å². The molecule has 3 amide bonds. The lowest BCUT2D eigenvalue weighted by Gasteiger charge is -2.37. The highest BCUT2D eigenvalue weighted by Crippen LogP contribution is 2.39. The van der Waals surface area contributed by atoms with Crippen LogP contribution in [-0.4, -0.2) is 134 Å². The summed E-state index contributed by atoms with van der Waals surface area (Å²) < 4.78 is 29.9. The van der Waals surface area contributed by atoms with E-state index in [1.165, 1.54) is 4.90 Å². The van der Waals surface area contributed by atoms with Gasteiger partial charge in [0.25, 0.3) is 5.91 Å². The van der Waals surface area contributed by atoms with E-state index in [-0.39, 0.29) is 67.7 Å². The molecule has 15 nitrogen and oxygen atoms in total. The van der Waals surface area contributed by atoms with Gasteiger partial charge < -0.3 is 48.8 Å². The maximum atomic E-state index is 14.3. The van der Waals surface area contributed by atoms with E-state index in [9.17, 15) is 29.1 Å². The number of carbonyl (C=O) groups excluding carboxylic acids is 5. The quantitative estimate of drug-likeness (QED) is 0.0347. The molecule has 2 N–H and O–H groups in total. The fraction of sp³-hybridized carbons (Fsp3) is 0.485. The summed E-state index contributed by atoms with van der Waals surface area (Å²) in [7, 11) is 0. The number of aliphatic hydroxyl groups excluding tert-OH is 1. The number of aliphatic hydroxyl groups is 1. The Morgan fingerprint density at radius 1 is 0.867 bits per heavy atom. The van der Waals surface area contributed by atoms with Crippen LogP contribution in [0.4, 0.5) is 5.69 Å². The van der Waals surface area contributed by atoms with Gasteiger partial charge in [-0.1, -0.05) is 87.0 Å². The molecule has 2 saturated heterocycles. The average molecular weight is 1130 g/mol. The number of fused-ring (bicyclic) bond motifs is 1. The molecule has 0 bridgehead atoms. The molecule has 83 heavy (non-hydrogen) atoms. The summed E-state index contributed by atoms with van der Waals surface area (Å²) in [6, 6.07) is 24.2. The van der Waals surface area contributed by atoms with Gasteiger partial charge in [0.2, 0.25) is 11.8 Å². The molecule has 0 aromatic heterocycles. The van der Waals surface area contributed by atoms with Crippen molar-refractivity contribution in [1.82, 2.24) is 15.1 Å². The summed E-state index contributed by atoms with van der Waals surface area (Å²) in [4.78, 5) is 74.4. The minimum Gasteiger partial charge on any atom is -0.491 e. The SMILES string of the molecule is CCN(c1cc(-c2ccc(OCCOCCOCCOc3cc(C4CC=CC4C)ccc3CNC(=O)[C@@H]3C[C@@H](O)CN3C(=O)C(C(C)C)N3Cc4ccccc4C3=O)cc2)cc(C(=O)CCC2=C(C)C=C(C)CC2=O)c1C)C1CCOCC1. The number of allylic oxidation sites excluding steroid dienone is 6.